The van der Waals surface area contributed by atoms with Gasteiger partial charge < -0.3 is 5.32 Å². The van der Waals surface area contributed by atoms with E-state index < -0.39 is 17.7 Å². The van der Waals surface area contributed by atoms with E-state index in [1.54, 1.807) is 6.07 Å². The molecule has 0 aliphatic carbocycles. The van der Waals surface area contributed by atoms with E-state index in [1.807, 2.05) is 6.08 Å². The summed E-state index contributed by atoms with van der Waals surface area (Å²) in [6.45, 7) is 2.82. The number of hydrogen-bond acceptors (Lipinski definition) is 2. The van der Waals surface area contributed by atoms with Crippen LogP contribution in [0.3, 0.4) is 0 Å². The van der Waals surface area contributed by atoms with E-state index in [-0.39, 0.29) is 5.78 Å². The van der Waals surface area contributed by atoms with Crippen LogP contribution in [0, 0.1) is 0 Å². The normalized spacial score (nSPS) is 17.5. The summed E-state index contributed by atoms with van der Waals surface area (Å²) in [6, 6.07) is 5.05. The van der Waals surface area contributed by atoms with E-state index in [2.05, 4.69) is 5.32 Å². The van der Waals surface area contributed by atoms with Crippen molar-refractivity contribution in [3.8, 4) is 0 Å². The van der Waals surface area contributed by atoms with E-state index in [0.717, 1.165) is 24.3 Å². The van der Waals surface area contributed by atoms with Crippen LogP contribution in [0.1, 0.15) is 30.4 Å². The number of ketones is 1. The van der Waals surface area contributed by atoms with Crippen molar-refractivity contribution in [3.63, 3.8) is 0 Å². The van der Waals surface area contributed by atoms with E-state index >= 15 is 0 Å². The molecule has 0 saturated heterocycles. The zero-order chi connectivity index (χ0) is 14.8. The number of hydrogen-bond donors (Lipinski definition) is 1. The lowest BCUT2D eigenvalue weighted by atomic mass is 9.84. The molecule has 1 aromatic rings. The minimum Gasteiger partial charge on any atom is -0.313 e. The number of alkyl halides is 3. The molecule has 1 N–H and O–H groups in total. The molecule has 2 rings (SSSR count). The lowest BCUT2D eigenvalue weighted by Crippen LogP contribution is -2.25. The first kappa shape index (κ1) is 14.8. The first-order valence-corrected chi connectivity index (χ1v) is 6.47. The highest BCUT2D eigenvalue weighted by atomic mass is 19.4. The predicted molar refractivity (Wildman–Crippen MR) is 70.4 cm³/mol. The SMILES string of the molecule is CC(=O)C(C1=CCNCC1)c1cccc(C(F)(F)F)c1. The largest absolute Gasteiger partial charge is 0.416 e. The molecule has 0 aromatic heterocycles. The molecule has 1 aromatic carbocycles. The molecule has 1 aliphatic rings. The Kier molecular flexibility index (Phi) is 4.28. The quantitative estimate of drug-likeness (QED) is 0.862. The summed E-state index contributed by atoms with van der Waals surface area (Å²) in [4.78, 5) is 11.9. The van der Waals surface area contributed by atoms with Gasteiger partial charge in [-0.2, -0.15) is 13.2 Å². The van der Waals surface area contributed by atoms with Gasteiger partial charge in [-0.3, -0.25) is 4.79 Å². The molecule has 1 unspecified atom stereocenters. The third-order valence-corrected chi connectivity index (χ3v) is 3.42. The molecule has 0 saturated carbocycles. The van der Waals surface area contributed by atoms with Crippen LogP contribution in [-0.4, -0.2) is 18.9 Å². The number of carbonyl (C=O) groups excluding carboxylic acids is 1. The molecule has 20 heavy (non-hydrogen) atoms. The number of rotatable bonds is 3. The van der Waals surface area contributed by atoms with Crippen molar-refractivity contribution in [2.75, 3.05) is 13.1 Å². The maximum atomic E-state index is 12.8. The molecule has 1 atom stereocenters. The Hall–Kier alpha value is -1.62. The minimum absolute atomic E-state index is 0.127. The molecular weight excluding hydrogens is 267 g/mol. The van der Waals surface area contributed by atoms with Crippen LogP contribution in [-0.2, 0) is 11.0 Å². The maximum absolute atomic E-state index is 12.8. The molecule has 0 amide bonds. The van der Waals surface area contributed by atoms with E-state index in [0.29, 0.717) is 18.5 Å². The monoisotopic (exact) mass is 283 g/mol. The van der Waals surface area contributed by atoms with Gasteiger partial charge in [0.2, 0.25) is 0 Å². The predicted octanol–water partition coefficient (Wildman–Crippen LogP) is 3.30. The Balaban J connectivity index is 2.40. The van der Waals surface area contributed by atoms with Crippen molar-refractivity contribution in [1.82, 2.24) is 5.32 Å². The summed E-state index contributed by atoms with van der Waals surface area (Å²) in [5.74, 6) is -0.697. The highest BCUT2D eigenvalue weighted by Crippen LogP contribution is 2.34. The topological polar surface area (TPSA) is 29.1 Å². The van der Waals surface area contributed by atoms with Crippen LogP contribution in [0.2, 0.25) is 0 Å². The van der Waals surface area contributed by atoms with Crippen LogP contribution in [0.4, 0.5) is 13.2 Å². The summed E-state index contributed by atoms with van der Waals surface area (Å²) in [5.41, 5.74) is 0.604. The molecule has 0 radical (unpaired) electrons. The maximum Gasteiger partial charge on any atom is 0.416 e. The number of carbonyl (C=O) groups is 1. The molecule has 0 fully saturated rings. The van der Waals surface area contributed by atoms with Crippen molar-refractivity contribution in [3.05, 3.63) is 47.0 Å². The molecule has 1 heterocycles. The molecule has 5 heteroatoms. The standard InChI is InChI=1S/C15H16F3NO/c1-10(20)14(11-5-7-19-8-6-11)12-3-2-4-13(9-12)15(16,17)18/h2-5,9,14,19H,6-8H2,1H3. The Morgan fingerprint density at radius 2 is 2.10 bits per heavy atom. The van der Waals surface area contributed by atoms with Gasteiger partial charge in [0.1, 0.15) is 5.78 Å². The van der Waals surface area contributed by atoms with Crippen molar-refractivity contribution in [2.45, 2.75) is 25.4 Å². The zero-order valence-electron chi connectivity index (χ0n) is 11.1. The van der Waals surface area contributed by atoms with Gasteiger partial charge in [0.25, 0.3) is 0 Å². The molecule has 0 bridgehead atoms. The fourth-order valence-corrected chi connectivity index (χ4v) is 2.51. The summed E-state index contributed by atoms with van der Waals surface area (Å²) in [6.07, 6.45) is -1.81. The van der Waals surface area contributed by atoms with Crippen molar-refractivity contribution < 1.29 is 18.0 Å². The first-order chi connectivity index (χ1) is 9.39. The first-order valence-electron chi connectivity index (χ1n) is 6.47. The molecular formula is C15H16F3NO. The second kappa shape index (κ2) is 5.79. The molecule has 108 valence electrons. The second-order valence-electron chi connectivity index (χ2n) is 4.90. The van der Waals surface area contributed by atoms with Gasteiger partial charge in [-0.25, -0.2) is 0 Å². The number of benzene rings is 1. The smallest absolute Gasteiger partial charge is 0.313 e. The summed E-state index contributed by atoms with van der Waals surface area (Å²) in [7, 11) is 0. The Morgan fingerprint density at radius 1 is 1.35 bits per heavy atom. The fraction of sp³-hybridized carbons (Fsp3) is 0.400. The van der Waals surface area contributed by atoms with Gasteiger partial charge >= 0.3 is 6.18 Å². The molecule has 1 aliphatic heterocycles. The second-order valence-corrected chi connectivity index (χ2v) is 4.90. The Bertz CT molecular complexity index is 534. The molecule has 2 nitrogen and oxygen atoms in total. The van der Waals surface area contributed by atoms with Crippen LogP contribution < -0.4 is 5.32 Å². The summed E-state index contributed by atoms with van der Waals surface area (Å²) in [5, 5.41) is 3.13. The van der Waals surface area contributed by atoms with E-state index in [9.17, 15) is 18.0 Å². The summed E-state index contributed by atoms with van der Waals surface area (Å²) >= 11 is 0. The van der Waals surface area contributed by atoms with Crippen molar-refractivity contribution in [1.29, 1.82) is 0 Å². The van der Waals surface area contributed by atoms with Crippen LogP contribution in [0.5, 0.6) is 0 Å². The average Bonchev–Trinajstić information content (AvgIpc) is 2.39. The Morgan fingerprint density at radius 3 is 2.65 bits per heavy atom. The van der Waals surface area contributed by atoms with Gasteiger partial charge in [-0.05, 0) is 31.5 Å². The average molecular weight is 283 g/mol. The lowest BCUT2D eigenvalue weighted by Gasteiger charge is -2.22. The third-order valence-electron chi connectivity index (χ3n) is 3.42. The summed E-state index contributed by atoms with van der Waals surface area (Å²) < 4.78 is 38.3. The van der Waals surface area contributed by atoms with Crippen molar-refractivity contribution >= 4 is 5.78 Å². The highest BCUT2D eigenvalue weighted by Gasteiger charge is 2.32. The van der Waals surface area contributed by atoms with Crippen LogP contribution in [0.15, 0.2) is 35.9 Å². The van der Waals surface area contributed by atoms with Gasteiger partial charge in [0.05, 0.1) is 11.5 Å². The van der Waals surface area contributed by atoms with Crippen molar-refractivity contribution in [2.24, 2.45) is 0 Å². The zero-order valence-corrected chi connectivity index (χ0v) is 11.1. The lowest BCUT2D eigenvalue weighted by molar-refractivity contribution is -0.137. The van der Waals surface area contributed by atoms with Crippen LogP contribution >= 0.6 is 0 Å². The molecule has 0 spiro atoms. The van der Waals surface area contributed by atoms with Crippen LogP contribution in [0.25, 0.3) is 0 Å². The Labute approximate surface area is 115 Å². The number of halogens is 3. The minimum atomic E-state index is -4.39. The van der Waals surface area contributed by atoms with Gasteiger partial charge in [-0.1, -0.05) is 29.8 Å². The van der Waals surface area contributed by atoms with Gasteiger partial charge in [0.15, 0.2) is 0 Å². The van der Waals surface area contributed by atoms with Gasteiger partial charge in [0, 0.05) is 6.54 Å². The number of nitrogens with one attached hydrogen (secondary N) is 1. The number of Topliss-reactive ketones (excluding diaryl/α,β-unsaturated/α-hetero) is 1. The van der Waals surface area contributed by atoms with Gasteiger partial charge in [-0.15, -0.1) is 0 Å². The van der Waals surface area contributed by atoms with E-state index in [4.69, 9.17) is 0 Å². The third kappa shape index (κ3) is 3.28. The van der Waals surface area contributed by atoms with E-state index in [1.165, 1.54) is 13.0 Å². The fourth-order valence-electron chi connectivity index (χ4n) is 2.51. The highest BCUT2D eigenvalue weighted by molar-refractivity contribution is 5.86.